The second kappa shape index (κ2) is 16.0. The third-order valence-corrected chi connectivity index (χ3v) is 7.50. The minimum atomic E-state index is -1.21. The van der Waals surface area contributed by atoms with Crippen LogP contribution in [-0.4, -0.2) is 52.1 Å². The molecule has 0 bridgehead atoms. The lowest BCUT2D eigenvalue weighted by molar-refractivity contribution is 0.0663. The third kappa shape index (κ3) is 8.58. The number of furan rings is 1. The lowest BCUT2D eigenvalue weighted by Gasteiger charge is -2.19. The van der Waals surface area contributed by atoms with Crippen molar-refractivity contribution >= 4 is 17.3 Å². The average molecular weight is 619 g/mol. The summed E-state index contributed by atoms with van der Waals surface area (Å²) in [6.07, 6.45) is 2.10. The predicted octanol–water partition coefficient (Wildman–Crippen LogP) is 7.01. The highest BCUT2D eigenvalue weighted by Gasteiger charge is 2.30. The molecule has 11 heteroatoms. The zero-order valence-corrected chi connectivity index (χ0v) is 27.3. The van der Waals surface area contributed by atoms with Crippen LogP contribution in [0.5, 0.6) is 5.75 Å². The summed E-state index contributed by atoms with van der Waals surface area (Å²) in [7, 11) is 0. The molecule has 2 aromatic carbocycles. The van der Waals surface area contributed by atoms with E-state index >= 15 is 0 Å². The van der Waals surface area contributed by atoms with Gasteiger partial charge in [-0.25, -0.2) is 9.48 Å². The van der Waals surface area contributed by atoms with E-state index in [2.05, 4.69) is 73.6 Å². The highest BCUT2D eigenvalue weighted by Crippen LogP contribution is 2.40. The van der Waals surface area contributed by atoms with Crippen molar-refractivity contribution in [3.8, 4) is 22.8 Å². The maximum Gasteiger partial charge on any atom is 0.371 e. The Labute approximate surface area is 264 Å². The molecule has 11 nitrogen and oxygen atoms in total. The number of phenolic OH excluding ortho intramolecular Hbond substituents is 1. The molecule has 0 atom stereocenters. The van der Waals surface area contributed by atoms with Crippen molar-refractivity contribution in [3.63, 3.8) is 0 Å². The lowest BCUT2D eigenvalue weighted by atomic mass is 9.86. The molecule has 4 aromatic rings. The Morgan fingerprint density at radius 1 is 1.00 bits per heavy atom. The summed E-state index contributed by atoms with van der Waals surface area (Å²) >= 11 is 0. The number of aromatic nitrogens is 2. The van der Waals surface area contributed by atoms with Gasteiger partial charge < -0.3 is 25.3 Å². The fraction of sp³-hybridized carbons (Fsp3) is 0.412. The van der Waals surface area contributed by atoms with Gasteiger partial charge in [-0.1, -0.05) is 53.7 Å². The molecule has 0 amide bonds. The molecule has 0 unspecified atom stereocenters. The first kappa shape index (κ1) is 35.0. The van der Waals surface area contributed by atoms with E-state index in [9.17, 15) is 14.7 Å². The second-order valence-corrected chi connectivity index (χ2v) is 11.2. The number of nitrogens with one attached hydrogen (secondary N) is 3. The van der Waals surface area contributed by atoms with Gasteiger partial charge in [0.1, 0.15) is 11.4 Å². The first-order valence-electron chi connectivity index (χ1n) is 15.4. The monoisotopic (exact) mass is 618 g/mol. The topological polar surface area (TPSA) is 157 Å². The Morgan fingerprint density at radius 3 is 2.24 bits per heavy atom. The first-order chi connectivity index (χ1) is 21.5. The number of aryl methyl sites for hydroxylation is 2. The number of rotatable bonds is 9. The number of para-hydroxylation sites is 1. The summed E-state index contributed by atoms with van der Waals surface area (Å²) in [5.74, 6) is -1.52. The maximum absolute atomic E-state index is 13.2. The molecule has 5 rings (SSSR count). The van der Waals surface area contributed by atoms with Crippen LogP contribution >= 0.6 is 0 Å². The van der Waals surface area contributed by atoms with Crippen LogP contribution in [0.25, 0.3) is 17.0 Å². The summed E-state index contributed by atoms with van der Waals surface area (Å²) in [6.45, 7) is 18.9. The van der Waals surface area contributed by atoms with Crippen LogP contribution in [0.4, 0.5) is 11.4 Å². The van der Waals surface area contributed by atoms with E-state index in [0.29, 0.717) is 5.69 Å². The largest absolute Gasteiger partial charge is 0.505 e. The normalized spacial score (nSPS) is 13.1. The van der Waals surface area contributed by atoms with Gasteiger partial charge in [0.2, 0.25) is 5.76 Å². The minimum absolute atomic E-state index is 0.0564. The van der Waals surface area contributed by atoms with Crippen molar-refractivity contribution in [2.45, 2.75) is 66.7 Å². The van der Waals surface area contributed by atoms with E-state index in [1.54, 1.807) is 19.1 Å². The number of carboxylic acids is 1. The molecule has 1 aliphatic rings. The van der Waals surface area contributed by atoms with Crippen molar-refractivity contribution < 1.29 is 19.4 Å². The van der Waals surface area contributed by atoms with Crippen molar-refractivity contribution in [1.29, 1.82) is 0 Å². The number of carboxylic acid groups (broad SMARTS) is 1. The Bertz CT molecular complexity index is 1650. The number of H-pyrrole nitrogens is 1. The Hall–Kier alpha value is -4.48. The van der Waals surface area contributed by atoms with Crippen molar-refractivity contribution in [2.24, 2.45) is 10.2 Å². The van der Waals surface area contributed by atoms with E-state index in [4.69, 9.17) is 9.52 Å². The van der Waals surface area contributed by atoms with Gasteiger partial charge in [0.15, 0.2) is 11.4 Å². The predicted molar refractivity (Wildman–Crippen MR) is 178 cm³/mol. The summed E-state index contributed by atoms with van der Waals surface area (Å²) in [6, 6.07) is 13.5. The molecular weight excluding hydrogens is 572 g/mol. The molecule has 0 aliphatic heterocycles. The number of fused-ring (bicyclic) bond motifs is 1. The molecule has 2 heterocycles. The molecule has 242 valence electrons. The number of carbonyl (C=O) groups is 1. The van der Waals surface area contributed by atoms with E-state index in [-0.39, 0.29) is 45.2 Å². The number of azo groups is 1. The number of aromatic amines is 1. The summed E-state index contributed by atoms with van der Waals surface area (Å²) in [5.41, 5.74) is 4.01. The second-order valence-electron chi connectivity index (χ2n) is 11.2. The number of hydrogen-bond acceptors (Lipinski definition) is 8. The number of aromatic carboxylic acids is 1. The Morgan fingerprint density at radius 2 is 1.67 bits per heavy atom. The molecule has 45 heavy (non-hydrogen) atoms. The molecule has 0 saturated heterocycles. The van der Waals surface area contributed by atoms with E-state index in [1.165, 1.54) is 34.0 Å². The van der Waals surface area contributed by atoms with E-state index in [0.717, 1.165) is 44.7 Å². The number of nitrogens with zero attached hydrogens (tertiary/aromatic N) is 3. The molecule has 0 radical (unpaired) electrons. The van der Waals surface area contributed by atoms with Gasteiger partial charge in [-0.2, -0.15) is 0 Å². The number of aromatic hydroxyl groups is 1. The minimum Gasteiger partial charge on any atom is -0.505 e. The number of phenols is 1. The van der Waals surface area contributed by atoms with Gasteiger partial charge in [0, 0.05) is 0 Å². The number of benzene rings is 2. The smallest absolute Gasteiger partial charge is 0.371 e. The Kier molecular flexibility index (Phi) is 12.5. The van der Waals surface area contributed by atoms with Gasteiger partial charge in [-0.15, -0.1) is 10.2 Å². The average Bonchev–Trinajstić information content (AvgIpc) is 3.70. The summed E-state index contributed by atoms with van der Waals surface area (Å²) < 4.78 is 6.73. The fourth-order valence-corrected chi connectivity index (χ4v) is 4.98. The molecule has 0 spiro atoms. The van der Waals surface area contributed by atoms with Crippen molar-refractivity contribution in [3.05, 3.63) is 81.5 Å². The Balaban J connectivity index is 0.000000482. The third-order valence-electron chi connectivity index (χ3n) is 7.50. The van der Waals surface area contributed by atoms with Crippen LogP contribution in [0.3, 0.4) is 0 Å². The van der Waals surface area contributed by atoms with Gasteiger partial charge in [0.05, 0.1) is 16.9 Å². The van der Waals surface area contributed by atoms with Crippen LogP contribution < -0.4 is 16.2 Å². The van der Waals surface area contributed by atoms with Crippen LogP contribution in [0.2, 0.25) is 0 Å². The molecule has 0 saturated carbocycles. The van der Waals surface area contributed by atoms with Gasteiger partial charge >= 0.3 is 5.97 Å². The van der Waals surface area contributed by atoms with Crippen molar-refractivity contribution in [2.75, 3.05) is 26.2 Å². The standard InChI is InChI=1S/C26H24N4O5.2C4H11N/c1-14-22(24(32)30(29-14)16-8-7-15-11-12-26(2,3)18(15)13-16)28-27-19-6-4-5-17(23(19)31)20-9-10-21(35-20)25(33)34;2*1-3-5-4-2/h4-10,13,29,31H,11-12H2,1-3H3,(H,33,34);2*5H,3-4H2,1-2H3. The molecule has 2 aromatic heterocycles. The molecule has 0 fully saturated rings. The highest BCUT2D eigenvalue weighted by atomic mass is 16.4. The summed E-state index contributed by atoms with van der Waals surface area (Å²) in [5, 5.41) is 37.3. The lowest BCUT2D eigenvalue weighted by Crippen LogP contribution is -2.16. The van der Waals surface area contributed by atoms with E-state index < -0.39 is 5.97 Å². The van der Waals surface area contributed by atoms with Gasteiger partial charge in [0.25, 0.3) is 5.56 Å². The molecular formula is C34H46N6O5. The molecule has 1 aliphatic carbocycles. The quantitative estimate of drug-likeness (QED) is 0.126. The molecule has 5 N–H and O–H groups in total. The maximum atomic E-state index is 13.2. The number of hydrogen-bond donors (Lipinski definition) is 5. The van der Waals surface area contributed by atoms with Gasteiger partial charge in [-0.3, -0.25) is 9.89 Å². The van der Waals surface area contributed by atoms with Crippen LogP contribution in [-0.2, 0) is 11.8 Å². The zero-order chi connectivity index (χ0) is 33.1. The van der Waals surface area contributed by atoms with Crippen LogP contribution in [0.15, 0.2) is 68.0 Å². The summed E-state index contributed by atoms with van der Waals surface area (Å²) in [4.78, 5) is 24.2. The van der Waals surface area contributed by atoms with Crippen molar-refractivity contribution in [1.82, 2.24) is 20.4 Å². The van der Waals surface area contributed by atoms with Gasteiger partial charge in [-0.05, 0) is 98.9 Å². The SMILES string of the molecule is CCNCC.CCNCC.Cc1[nH]n(-c2ccc3c(c2)C(C)(C)CC3)c(=O)c1N=Nc1cccc(-c2ccc(C(=O)O)o2)c1O. The first-order valence-corrected chi connectivity index (χ1v) is 15.4. The van der Waals surface area contributed by atoms with E-state index in [1.807, 2.05) is 12.1 Å². The fourth-order valence-electron chi connectivity index (χ4n) is 4.98. The zero-order valence-electron chi connectivity index (χ0n) is 27.3. The highest BCUT2D eigenvalue weighted by molar-refractivity contribution is 5.85. The van der Waals surface area contributed by atoms with Crippen LogP contribution in [0, 0.1) is 6.92 Å². The van der Waals surface area contributed by atoms with Crippen LogP contribution in [0.1, 0.15) is 75.3 Å².